The van der Waals surface area contributed by atoms with Crippen molar-refractivity contribution in [2.24, 2.45) is 35.5 Å². The van der Waals surface area contributed by atoms with Gasteiger partial charge in [-0.2, -0.15) is 0 Å². The highest BCUT2D eigenvalue weighted by molar-refractivity contribution is 5.52. The zero-order valence-electron chi connectivity index (χ0n) is 9.69. The van der Waals surface area contributed by atoms with Gasteiger partial charge in [0.05, 0.1) is 0 Å². The Morgan fingerprint density at radius 1 is 1.13 bits per heavy atom. The molecule has 3 aliphatic rings. The van der Waals surface area contributed by atoms with E-state index < -0.39 is 0 Å². The first-order valence-electron chi connectivity index (χ1n) is 6.73. The fourth-order valence-electron chi connectivity index (χ4n) is 4.90. The summed E-state index contributed by atoms with van der Waals surface area (Å²) in [6.07, 6.45) is 9.78. The molecule has 84 valence electrons. The molecule has 4 unspecified atom stereocenters. The van der Waals surface area contributed by atoms with Gasteiger partial charge in [0.2, 0.25) is 0 Å². The molecule has 0 aromatic carbocycles. The van der Waals surface area contributed by atoms with E-state index in [-0.39, 0.29) is 0 Å². The Morgan fingerprint density at radius 2 is 1.73 bits per heavy atom. The van der Waals surface area contributed by atoms with Crippen molar-refractivity contribution in [3.63, 3.8) is 0 Å². The van der Waals surface area contributed by atoms with Crippen molar-refractivity contribution in [2.45, 2.75) is 45.4 Å². The van der Waals surface area contributed by atoms with E-state index in [1.54, 1.807) is 6.42 Å². The van der Waals surface area contributed by atoms with E-state index in [1.165, 1.54) is 25.7 Å². The third-order valence-electron chi connectivity index (χ3n) is 5.42. The average molecular weight is 206 g/mol. The number of hydrogen-bond acceptors (Lipinski definition) is 1. The molecule has 2 bridgehead atoms. The Balaban J connectivity index is 1.62. The maximum atomic E-state index is 10.7. The lowest BCUT2D eigenvalue weighted by atomic mass is 9.82. The summed E-state index contributed by atoms with van der Waals surface area (Å²) >= 11 is 0. The highest BCUT2D eigenvalue weighted by Gasteiger charge is 2.51. The smallest absolute Gasteiger partial charge is 0.122 e. The lowest BCUT2D eigenvalue weighted by molar-refractivity contribution is -0.111. The van der Waals surface area contributed by atoms with Gasteiger partial charge in [-0.3, -0.25) is 0 Å². The Morgan fingerprint density at radius 3 is 2.27 bits per heavy atom. The highest BCUT2D eigenvalue weighted by Crippen LogP contribution is 2.60. The Labute approximate surface area is 92.6 Å². The van der Waals surface area contributed by atoms with E-state index in [1.807, 2.05) is 0 Å². The lowest BCUT2D eigenvalue weighted by Gasteiger charge is -2.23. The van der Waals surface area contributed by atoms with Gasteiger partial charge in [-0.05, 0) is 68.1 Å². The van der Waals surface area contributed by atoms with Crippen molar-refractivity contribution in [1.82, 2.24) is 0 Å². The van der Waals surface area contributed by atoms with E-state index in [0.29, 0.717) is 5.92 Å². The lowest BCUT2D eigenvalue weighted by Crippen LogP contribution is -2.15. The van der Waals surface area contributed by atoms with Gasteiger partial charge < -0.3 is 4.79 Å². The van der Waals surface area contributed by atoms with Crippen LogP contribution >= 0.6 is 0 Å². The molecule has 0 aromatic rings. The number of carbonyl (C=O) groups is 1. The van der Waals surface area contributed by atoms with Crippen LogP contribution in [0.2, 0.25) is 0 Å². The summed E-state index contributed by atoms with van der Waals surface area (Å²) in [5, 5.41) is 0. The fraction of sp³-hybridized carbons (Fsp3) is 0.929. The van der Waals surface area contributed by atoms with E-state index in [9.17, 15) is 4.79 Å². The second-order valence-electron chi connectivity index (χ2n) is 6.35. The topological polar surface area (TPSA) is 17.1 Å². The molecule has 0 aromatic heterocycles. The number of aldehydes is 1. The first-order valence-corrected chi connectivity index (χ1v) is 6.73. The van der Waals surface area contributed by atoms with Crippen LogP contribution in [0.3, 0.4) is 0 Å². The average Bonchev–Trinajstić information content (AvgIpc) is 2.87. The second kappa shape index (κ2) is 3.61. The van der Waals surface area contributed by atoms with Crippen molar-refractivity contribution in [1.29, 1.82) is 0 Å². The van der Waals surface area contributed by atoms with Crippen LogP contribution in [0.1, 0.15) is 45.4 Å². The molecule has 0 radical (unpaired) electrons. The minimum atomic E-state index is 0.298. The minimum Gasteiger partial charge on any atom is -0.303 e. The van der Waals surface area contributed by atoms with Gasteiger partial charge in [0.1, 0.15) is 6.29 Å². The van der Waals surface area contributed by atoms with Crippen LogP contribution in [0.15, 0.2) is 0 Å². The number of rotatable bonds is 3. The Bertz CT molecular complexity index is 242. The van der Waals surface area contributed by atoms with Crippen molar-refractivity contribution in [3.8, 4) is 0 Å². The summed E-state index contributed by atoms with van der Waals surface area (Å²) in [6.45, 7) is 2.08. The molecule has 0 amide bonds. The van der Waals surface area contributed by atoms with Gasteiger partial charge in [0.25, 0.3) is 0 Å². The first-order chi connectivity index (χ1) is 7.28. The van der Waals surface area contributed by atoms with Crippen LogP contribution in [0, 0.1) is 35.5 Å². The molecule has 6 atom stereocenters. The molecule has 3 saturated carbocycles. The van der Waals surface area contributed by atoms with Crippen LogP contribution in [0.5, 0.6) is 0 Å². The van der Waals surface area contributed by atoms with Crippen LogP contribution in [-0.2, 0) is 4.79 Å². The van der Waals surface area contributed by atoms with Crippen molar-refractivity contribution < 1.29 is 4.79 Å². The SMILES string of the molecule is CC(C=O)CC1C[C@@H]2C3CCC(C3)[C@@H]2C1. The quantitative estimate of drug-likeness (QED) is 0.648. The Hall–Kier alpha value is -0.330. The minimum absolute atomic E-state index is 0.298. The number of carbonyl (C=O) groups excluding carboxylic acids is 1. The van der Waals surface area contributed by atoms with Crippen LogP contribution < -0.4 is 0 Å². The van der Waals surface area contributed by atoms with E-state index in [0.717, 1.165) is 42.3 Å². The number of hydrogen-bond donors (Lipinski definition) is 0. The molecule has 1 nitrogen and oxygen atoms in total. The predicted molar refractivity (Wildman–Crippen MR) is 60.4 cm³/mol. The van der Waals surface area contributed by atoms with Crippen LogP contribution in [-0.4, -0.2) is 6.29 Å². The standard InChI is InChI=1S/C14H22O/c1-9(8-15)4-10-5-13-11-2-3-12(7-11)14(13)6-10/h8-14H,2-7H2,1H3/t9?,10?,11?,12?,13-,14+. The fourth-order valence-corrected chi connectivity index (χ4v) is 4.90. The molecule has 3 rings (SSSR count). The zero-order chi connectivity index (χ0) is 10.4. The monoisotopic (exact) mass is 206 g/mol. The summed E-state index contributed by atoms with van der Waals surface area (Å²) in [5.41, 5.74) is 0. The largest absolute Gasteiger partial charge is 0.303 e. The summed E-state index contributed by atoms with van der Waals surface area (Å²) in [5.74, 6) is 5.46. The van der Waals surface area contributed by atoms with E-state index in [2.05, 4.69) is 6.92 Å². The molecular weight excluding hydrogens is 184 g/mol. The van der Waals surface area contributed by atoms with Gasteiger partial charge in [-0.15, -0.1) is 0 Å². The predicted octanol–water partition coefficient (Wildman–Crippen LogP) is 3.28. The van der Waals surface area contributed by atoms with Gasteiger partial charge >= 0.3 is 0 Å². The second-order valence-corrected chi connectivity index (χ2v) is 6.35. The van der Waals surface area contributed by atoms with Gasteiger partial charge in [0, 0.05) is 5.92 Å². The molecule has 0 saturated heterocycles. The molecule has 0 aliphatic heterocycles. The first kappa shape index (κ1) is 9.86. The molecule has 15 heavy (non-hydrogen) atoms. The maximum absolute atomic E-state index is 10.7. The maximum Gasteiger partial charge on any atom is 0.122 e. The van der Waals surface area contributed by atoms with Crippen LogP contribution in [0.25, 0.3) is 0 Å². The third-order valence-corrected chi connectivity index (χ3v) is 5.42. The molecule has 0 N–H and O–H groups in total. The van der Waals surface area contributed by atoms with Gasteiger partial charge in [-0.1, -0.05) is 6.92 Å². The molecular formula is C14H22O. The molecule has 0 spiro atoms. The van der Waals surface area contributed by atoms with Gasteiger partial charge in [-0.25, -0.2) is 0 Å². The van der Waals surface area contributed by atoms with E-state index in [4.69, 9.17) is 0 Å². The van der Waals surface area contributed by atoms with Crippen molar-refractivity contribution in [3.05, 3.63) is 0 Å². The summed E-state index contributed by atoms with van der Waals surface area (Å²) in [7, 11) is 0. The van der Waals surface area contributed by atoms with Crippen molar-refractivity contribution >= 4 is 6.29 Å². The highest BCUT2D eigenvalue weighted by atomic mass is 16.1. The summed E-state index contributed by atoms with van der Waals surface area (Å²) in [4.78, 5) is 10.7. The van der Waals surface area contributed by atoms with E-state index >= 15 is 0 Å². The van der Waals surface area contributed by atoms with Crippen LogP contribution in [0.4, 0.5) is 0 Å². The van der Waals surface area contributed by atoms with Crippen molar-refractivity contribution in [2.75, 3.05) is 0 Å². The summed E-state index contributed by atoms with van der Waals surface area (Å²) in [6, 6.07) is 0. The number of fused-ring (bicyclic) bond motifs is 5. The molecule has 0 heterocycles. The third kappa shape index (κ3) is 1.55. The normalized spacial score (nSPS) is 49.3. The van der Waals surface area contributed by atoms with Gasteiger partial charge in [0.15, 0.2) is 0 Å². The molecule has 3 aliphatic carbocycles. The molecule has 3 fully saturated rings. The summed E-state index contributed by atoms with van der Waals surface area (Å²) < 4.78 is 0. The Kier molecular flexibility index (Phi) is 2.37. The zero-order valence-corrected chi connectivity index (χ0v) is 9.69. The molecule has 1 heteroatoms.